The highest BCUT2D eigenvalue weighted by atomic mass is 16.5. The van der Waals surface area contributed by atoms with E-state index in [-0.39, 0.29) is 12.1 Å². The van der Waals surface area contributed by atoms with Gasteiger partial charge in [-0.05, 0) is 38.9 Å². The molecule has 5 nitrogen and oxygen atoms in total. The molecule has 110 valence electrons. The first-order valence-electron chi connectivity index (χ1n) is 7.02. The van der Waals surface area contributed by atoms with Crippen molar-refractivity contribution in [2.75, 3.05) is 32.5 Å². The van der Waals surface area contributed by atoms with Crippen molar-refractivity contribution in [2.24, 2.45) is 0 Å². The Morgan fingerprint density at radius 3 is 2.75 bits per heavy atom. The van der Waals surface area contributed by atoms with Gasteiger partial charge < -0.3 is 20.1 Å². The predicted octanol–water partition coefficient (Wildman–Crippen LogP) is 1.92. The summed E-state index contributed by atoms with van der Waals surface area (Å²) >= 11 is 0. The third-order valence-electron chi connectivity index (χ3n) is 3.50. The van der Waals surface area contributed by atoms with E-state index in [9.17, 15) is 4.79 Å². The molecule has 2 N–H and O–H groups in total. The lowest BCUT2D eigenvalue weighted by Gasteiger charge is -2.28. The molecular formula is C15H22N2O3. The van der Waals surface area contributed by atoms with Crippen LogP contribution in [0.3, 0.4) is 0 Å². The number of likely N-dealkylation sites (tertiary alicyclic amines) is 1. The summed E-state index contributed by atoms with van der Waals surface area (Å²) in [5.41, 5.74) is 6.63. The van der Waals surface area contributed by atoms with E-state index in [2.05, 4.69) is 11.9 Å². The Morgan fingerprint density at radius 2 is 2.10 bits per heavy atom. The summed E-state index contributed by atoms with van der Waals surface area (Å²) in [5, 5.41) is 0. The van der Waals surface area contributed by atoms with Crippen LogP contribution in [-0.2, 0) is 4.74 Å². The van der Waals surface area contributed by atoms with E-state index in [1.165, 1.54) is 0 Å². The SMILES string of the molecule is CCOc1cccc(N)c1C(=O)OC1CCN(C)CC1. The van der Waals surface area contributed by atoms with Crippen LogP contribution in [0.2, 0.25) is 0 Å². The van der Waals surface area contributed by atoms with Gasteiger partial charge in [0.25, 0.3) is 0 Å². The van der Waals surface area contributed by atoms with Crippen molar-refractivity contribution in [3.8, 4) is 5.75 Å². The first-order valence-corrected chi connectivity index (χ1v) is 7.02. The molecular weight excluding hydrogens is 256 g/mol. The standard InChI is InChI=1S/C15H22N2O3/c1-3-19-13-6-4-5-12(16)14(13)15(18)20-11-7-9-17(2)10-8-11/h4-6,11H,3,7-10,16H2,1-2H3. The molecule has 1 aliphatic rings. The maximum absolute atomic E-state index is 12.3. The number of nitrogens with two attached hydrogens (primary N) is 1. The summed E-state index contributed by atoms with van der Waals surface area (Å²) in [6.07, 6.45) is 1.69. The van der Waals surface area contributed by atoms with Crippen molar-refractivity contribution >= 4 is 11.7 Å². The number of carbonyl (C=O) groups excluding carboxylic acids is 1. The van der Waals surface area contributed by atoms with Gasteiger partial charge in [0.05, 0.1) is 6.61 Å². The average Bonchev–Trinajstić information content (AvgIpc) is 2.42. The second kappa shape index (κ2) is 6.61. The van der Waals surface area contributed by atoms with E-state index >= 15 is 0 Å². The van der Waals surface area contributed by atoms with Gasteiger partial charge in [0.1, 0.15) is 17.4 Å². The monoisotopic (exact) mass is 278 g/mol. The number of hydrogen-bond donors (Lipinski definition) is 1. The van der Waals surface area contributed by atoms with Gasteiger partial charge >= 0.3 is 5.97 Å². The van der Waals surface area contributed by atoms with Crippen LogP contribution < -0.4 is 10.5 Å². The van der Waals surface area contributed by atoms with Crippen LogP contribution in [0, 0.1) is 0 Å². The lowest BCUT2D eigenvalue weighted by atomic mass is 10.1. The van der Waals surface area contributed by atoms with E-state index in [0.717, 1.165) is 25.9 Å². The normalized spacial score (nSPS) is 16.9. The summed E-state index contributed by atoms with van der Waals surface area (Å²) < 4.78 is 11.0. The molecule has 1 heterocycles. The van der Waals surface area contributed by atoms with E-state index < -0.39 is 0 Å². The topological polar surface area (TPSA) is 64.8 Å². The van der Waals surface area contributed by atoms with Crippen molar-refractivity contribution in [3.63, 3.8) is 0 Å². The van der Waals surface area contributed by atoms with E-state index in [4.69, 9.17) is 15.2 Å². The molecule has 1 aromatic carbocycles. The predicted molar refractivity (Wildman–Crippen MR) is 78.0 cm³/mol. The molecule has 1 aromatic rings. The van der Waals surface area contributed by atoms with Crippen LogP contribution in [0.4, 0.5) is 5.69 Å². The highest BCUT2D eigenvalue weighted by Crippen LogP contribution is 2.26. The summed E-state index contributed by atoms with van der Waals surface area (Å²) in [4.78, 5) is 14.5. The Morgan fingerprint density at radius 1 is 1.40 bits per heavy atom. The molecule has 0 amide bonds. The molecule has 1 aliphatic heterocycles. The van der Waals surface area contributed by atoms with Crippen LogP contribution in [0.5, 0.6) is 5.75 Å². The van der Waals surface area contributed by atoms with Crippen LogP contribution in [0.1, 0.15) is 30.1 Å². The summed E-state index contributed by atoms with van der Waals surface area (Å²) in [5.74, 6) is 0.103. The lowest BCUT2D eigenvalue weighted by Crippen LogP contribution is -2.35. The molecule has 5 heteroatoms. The largest absolute Gasteiger partial charge is 0.493 e. The molecule has 0 bridgehead atoms. The van der Waals surface area contributed by atoms with Gasteiger partial charge in [0.2, 0.25) is 0 Å². The first kappa shape index (κ1) is 14.7. The number of carbonyl (C=O) groups is 1. The molecule has 0 spiro atoms. The molecule has 0 atom stereocenters. The molecule has 20 heavy (non-hydrogen) atoms. The molecule has 2 rings (SSSR count). The highest BCUT2D eigenvalue weighted by Gasteiger charge is 2.24. The van der Waals surface area contributed by atoms with Crippen LogP contribution in [0.15, 0.2) is 18.2 Å². The van der Waals surface area contributed by atoms with Crippen LogP contribution in [0.25, 0.3) is 0 Å². The third kappa shape index (κ3) is 3.42. The zero-order chi connectivity index (χ0) is 14.5. The molecule has 0 radical (unpaired) electrons. The maximum atomic E-state index is 12.3. The number of nitrogen functional groups attached to an aromatic ring is 1. The number of hydrogen-bond acceptors (Lipinski definition) is 5. The fourth-order valence-corrected chi connectivity index (χ4v) is 2.36. The molecule has 0 aliphatic carbocycles. The molecule has 0 aromatic heterocycles. The van der Waals surface area contributed by atoms with Gasteiger partial charge in [0, 0.05) is 18.8 Å². The minimum Gasteiger partial charge on any atom is -0.493 e. The summed E-state index contributed by atoms with van der Waals surface area (Å²) in [6.45, 7) is 4.24. The Kier molecular flexibility index (Phi) is 4.84. The second-order valence-corrected chi connectivity index (χ2v) is 5.06. The lowest BCUT2D eigenvalue weighted by molar-refractivity contribution is 0.0137. The maximum Gasteiger partial charge on any atom is 0.344 e. The number of anilines is 1. The van der Waals surface area contributed by atoms with E-state index in [1.54, 1.807) is 18.2 Å². The molecule has 1 fully saturated rings. The Hall–Kier alpha value is -1.75. The van der Waals surface area contributed by atoms with E-state index in [0.29, 0.717) is 23.6 Å². The van der Waals surface area contributed by atoms with Crippen molar-refractivity contribution in [3.05, 3.63) is 23.8 Å². The zero-order valence-electron chi connectivity index (χ0n) is 12.1. The number of ether oxygens (including phenoxy) is 2. The van der Waals surface area contributed by atoms with Gasteiger partial charge in [-0.25, -0.2) is 4.79 Å². The highest BCUT2D eigenvalue weighted by molar-refractivity contribution is 5.98. The fraction of sp³-hybridized carbons (Fsp3) is 0.533. The van der Waals surface area contributed by atoms with Crippen molar-refractivity contribution in [2.45, 2.75) is 25.9 Å². The van der Waals surface area contributed by atoms with Crippen molar-refractivity contribution in [1.29, 1.82) is 0 Å². The van der Waals surface area contributed by atoms with Gasteiger partial charge in [-0.2, -0.15) is 0 Å². The molecule has 1 saturated heterocycles. The minimum absolute atomic E-state index is 0.0345. The van der Waals surface area contributed by atoms with Crippen LogP contribution >= 0.6 is 0 Å². The number of benzene rings is 1. The fourth-order valence-electron chi connectivity index (χ4n) is 2.36. The van der Waals surface area contributed by atoms with E-state index in [1.807, 2.05) is 6.92 Å². The summed E-state index contributed by atoms with van der Waals surface area (Å²) in [6, 6.07) is 5.20. The number of nitrogens with zero attached hydrogens (tertiary/aromatic N) is 1. The number of esters is 1. The number of piperidine rings is 1. The average molecular weight is 278 g/mol. The van der Waals surface area contributed by atoms with Crippen molar-refractivity contribution in [1.82, 2.24) is 4.90 Å². The third-order valence-corrected chi connectivity index (χ3v) is 3.50. The zero-order valence-corrected chi connectivity index (χ0v) is 12.1. The Labute approximate surface area is 119 Å². The molecule has 0 saturated carbocycles. The van der Waals surface area contributed by atoms with Gasteiger partial charge in [-0.15, -0.1) is 0 Å². The number of rotatable bonds is 4. The Balaban J connectivity index is 2.08. The smallest absolute Gasteiger partial charge is 0.344 e. The minimum atomic E-state index is -0.388. The van der Waals surface area contributed by atoms with Gasteiger partial charge in [-0.3, -0.25) is 0 Å². The molecule has 0 unspecified atom stereocenters. The van der Waals surface area contributed by atoms with Crippen molar-refractivity contribution < 1.29 is 14.3 Å². The first-order chi connectivity index (χ1) is 9.61. The summed E-state index contributed by atoms with van der Waals surface area (Å²) in [7, 11) is 2.07. The van der Waals surface area contributed by atoms with Crippen LogP contribution in [-0.4, -0.2) is 43.7 Å². The van der Waals surface area contributed by atoms with Gasteiger partial charge in [-0.1, -0.05) is 6.07 Å². The quantitative estimate of drug-likeness (QED) is 0.673. The van der Waals surface area contributed by atoms with Gasteiger partial charge in [0.15, 0.2) is 0 Å². The second-order valence-electron chi connectivity index (χ2n) is 5.06. The Bertz CT molecular complexity index is 468.